The SMILES string of the molecule is C=Cc1ccc(OS(=O)(=O)C(F)(F)C(F)(F)C(F)(F)S(=O)(=O)NS(=O)(=O)c2ccccc2-c2c3cc/c(=N\c4c(C)cccc4C)cc-3oc3cc(Nc4c(C)cccc4C)ccc23)cc1. The number of halogens is 6. The molecule has 5 aromatic carbocycles. The summed E-state index contributed by atoms with van der Waals surface area (Å²) in [7, 11) is -20.6. The van der Waals surface area contributed by atoms with Gasteiger partial charge in [-0.2, -0.15) is 34.8 Å². The van der Waals surface area contributed by atoms with E-state index in [-0.39, 0.29) is 39.0 Å². The lowest BCUT2D eigenvalue weighted by Gasteiger charge is -2.31. The topological polar surface area (TPSA) is 161 Å². The Morgan fingerprint density at radius 3 is 1.89 bits per heavy atom. The largest absolute Gasteiger partial charge is 0.456 e. The minimum absolute atomic E-state index is 0.0230. The lowest BCUT2D eigenvalue weighted by atomic mass is 9.93. The minimum Gasteiger partial charge on any atom is -0.456 e. The molecule has 2 aliphatic rings. The van der Waals surface area contributed by atoms with Crippen LogP contribution in [0, 0.1) is 27.7 Å². The van der Waals surface area contributed by atoms with E-state index in [4.69, 9.17) is 9.41 Å². The highest BCUT2D eigenvalue weighted by atomic mass is 32.3. The summed E-state index contributed by atoms with van der Waals surface area (Å²) in [4.78, 5) is 3.70. The summed E-state index contributed by atoms with van der Waals surface area (Å²) in [6, 6.07) is 28.5. The molecule has 1 heterocycles. The molecule has 0 amide bonds. The first-order valence-electron chi connectivity index (χ1n) is 19.4. The van der Waals surface area contributed by atoms with Crippen LogP contribution in [0.5, 0.6) is 5.75 Å². The third kappa shape index (κ3) is 8.44. The molecular formula is C46H37F6N3O8S3. The average molecular weight is 970 g/mol. The van der Waals surface area contributed by atoms with Gasteiger partial charge in [0.05, 0.1) is 15.9 Å². The molecule has 20 heteroatoms. The number of aryl methyl sites for hydroxylation is 4. The van der Waals surface area contributed by atoms with Crippen LogP contribution in [0.15, 0.2) is 142 Å². The van der Waals surface area contributed by atoms with Crippen LogP contribution in [0.3, 0.4) is 0 Å². The van der Waals surface area contributed by atoms with Crippen LogP contribution in [0.1, 0.15) is 27.8 Å². The molecule has 7 rings (SSSR count). The fourth-order valence-corrected chi connectivity index (χ4v) is 11.2. The monoisotopic (exact) mass is 969 g/mol. The minimum atomic E-state index is -7.49. The number of fused-ring (bicyclic) bond motifs is 2. The summed E-state index contributed by atoms with van der Waals surface area (Å²) in [5.74, 6) is -8.28. The van der Waals surface area contributed by atoms with E-state index in [0.29, 0.717) is 33.0 Å². The van der Waals surface area contributed by atoms with Crippen LogP contribution < -0.4 is 19.0 Å². The van der Waals surface area contributed by atoms with Crippen LogP contribution >= 0.6 is 0 Å². The normalized spacial score (nSPS) is 13.3. The van der Waals surface area contributed by atoms with Gasteiger partial charge in [-0.25, -0.2) is 21.8 Å². The molecule has 0 aromatic heterocycles. The Bertz CT molecular complexity index is 3410. The van der Waals surface area contributed by atoms with Crippen LogP contribution in [-0.4, -0.2) is 41.7 Å². The summed E-state index contributed by atoms with van der Waals surface area (Å²) >= 11 is 0. The average Bonchev–Trinajstić information content (AvgIpc) is 3.25. The number of nitrogens with zero attached hydrogens (tertiary/aromatic N) is 1. The molecule has 1 aliphatic heterocycles. The van der Waals surface area contributed by atoms with Crippen molar-refractivity contribution in [3.8, 4) is 28.2 Å². The molecule has 344 valence electrons. The molecule has 0 fully saturated rings. The van der Waals surface area contributed by atoms with Gasteiger partial charge in [0.1, 0.15) is 17.1 Å². The number of nitrogens with one attached hydrogen (secondary N) is 2. The van der Waals surface area contributed by atoms with Gasteiger partial charge in [0, 0.05) is 45.6 Å². The number of hydrogen-bond acceptors (Lipinski definition) is 10. The Morgan fingerprint density at radius 2 is 1.27 bits per heavy atom. The van der Waals surface area contributed by atoms with Crippen molar-refractivity contribution >= 4 is 64.3 Å². The van der Waals surface area contributed by atoms with E-state index in [0.717, 1.165) is 52.2 Å². The molecule has 0 bridgehead atoms. The zero-order valence-electron chi connectivity index (χ0n) is 35.0. The van der Waals surface area contributed by atoms with E-state index >= 15 is 26.3 Å². The summed E-state index contributed by atoms with van der Waals surface area (Å²) in [5, 5.41) is -10.2. The highest BCUT2D eigenvalue weighted by molar-refractivity contribution is 8.05. The molecule has 2 N–H and O–H groups in total. The highest BCUT2D eigenvalue weighted by Crippen LogP contribution is 2.51. The van der Waals surface area contributed by atoms with Crippen molar-refractivity contribution in [1.29, 1.82) is 0 Å². The zero-order valence-corrected chi connectivity index (χ0v) is 37.5. The Kier molecular flexibility index (Phi) is 12.3. The van der Waals surface area contributed by atoms with Crippen LogP contribution in [0.4, 0.5) is 43.4 Å². The van der Waals surface area contributed by atoms with Crippen molar-refractivity contribution in [2.45, 2.75) is 49.0 Å². The number of anilines is 2. The fraction of sp³-hybridized carbons (Fsp3) is 0.152. The lowest BCUT2D eigenvalue weighted by molar-refractivity contribution is -0.245. The molecule has 0 spiro atoms. The van der Waals surface area contributed by atoms with Gasteiger partial charge in [0.15, 0.2) is 0 Å². The smallest absolute Gasteiger partial charge is 0.450 e. The number of sulfonamides is 2. The summed E-state index contributed by atoms with van der Waals surface area (Å²) < 4.78 is 182. The van der Waals surface area contributed by atoms with Gasteiger partial charge in [-0.05, 0) is 98.0 Å². The molecule has 0 radical (unpaired) electrons. The number of benzene rings is 6. The molecule has 0 saturated heterocycles. The Balaban J connectivity index is 1.35. The first kappa shape index (κ1) is 47.5. The van der Waals surface area contributed by atoms with E-state index in [2.05, 4.69) is 16.1 Å². The Hall–Kier alpha value is -6.48. The van der Waals surface area contributed by atoms with Crippen molar-refractivity contribution in [1.82, 2.24) is 4.13 Å². The van der Waals surface area contributed by atoms with Crippen molar-refractivity contribution in [2.75, 3.05) is 5.32 Å². The van der Waals surface area contributed by atoms with E-state index in [1.165, 1.54) is 24.3 Å². The predicted octanol–water partition coefficient (Wildman–Crippen LogP) is 10.9. The molecule has 0 unspecified atom stereocenters. The van der Waals surface area contributed by atoms with Crippen LogP contribution in [-0.2, 0) is 30.2 Å². The number of para-hydroxylation sites is 2. The second kappa shape index (κ2) is 17.1. The van der Waals surface area contributed by atoms with E-state index in [1.807, 2.05) is 64.1 Å². The van der Waals surface area contributed by atoms with Gasteiger partial charge in [-0.3, -0.25) is 0 Å². The third-order valence-electron chi connectivity index (χ3n) is 10.5. The van der Waals surface area contributed by atoms with Crippen LogP contribution in [0.2, 0.25) is 0 Å². The Labute approximate surface area is 375 Å². The summed E-state index contributed by atoms with van der Waals surface area (Å²) in [6.45, 7) is 10.9. The second-order valence-corrected chi connectivity index (χ2v) is 20.3. The van der Waals surface area contributed by atoms with Gasteiger partial charge in [-0.1, -0.05) is 83.5 Å². The maximum atomic E-state index is 15.5. The number of rotatable bonds is 14. The summed E-state index contributed by atoms with van der Waals surface area (Å²) in [6.07, 6.45) is 1.23. The first-order valence-corrected chi connectivity index (χ1v) is 23.8. The van der Waals surface area contributed by atoms with Crippen molar-refractivity contribution < 1.29 is 60.2 Å². The first-order chi connectivity index (χ1) is 30.8. The standard InChI is InChI=1S/C46H37F6N3O8S3/c1-6-31-17-21-34(22-18-31)63-66(60,61)46(51,52)44(47,48)45(49,50)65(58,59)55-64(56,57)40-16-8-7-15-37(40)41-35-23-19-32(53-42-27(2)11-9-12-28(42)3)25-38(35)62-39-26-33(20-24-36(39)41)54-43-29(4)13-10-14-30(43)5/h6-26,53,55H,1H2,2-5H3/b54-33+. The highest BCUT2D eigenvalue weighted by Gasteiger charge is 2.83. The molecule has 5 aromatic rings. The van der Waals surface area contributed by atoms with Gasteiger partial charge < -0.3 is 13.9 Å². The predicted molar refractivity (Wildman–Crippen MR) is 239 cm³/mol. The molecular weight excluding hydrogens is 933 g/mol. The molecule has 0 atom stereocenters. The third-order valence-corrected chi connectivity index (χ3v) is 15.4. The van der Waals surface area contributed by atoms with Crippen LogP contribution in [0.25, 0.3) is 39.5 Å². The number of hydrogen-bond donors (Lipinski definition) is 2. The fourth-order valence-electron chi connectivity index (χ4n) is 7.07. The molecule has 66 heavy (non-hydrogen) atoms. The Morgan fingerprint density at radius 1 is 0.667 bits per heavy atom. The number of alkyl halides is 6. The van der Waals surface area contributed by atoms with Crippen molar-refractivity contribution in [3.05, 3.63) is 161 Å². The quantitative estimate of drug-likeness (QED) is 0.0614. The lowest BCUT2D eigenvalue weighted by Crippen LogP contribution is -2.63. The van der Waals surface area contributed by atoms with Crippen molar-refractivity contribution in [2.24, 2.45) is 4.99 Å². The zero-order chi connectivity index (χ0) is 48.2. The van der Waals surface area contributed by atoms with E-state index in [1.54, 1.807) is 30.3 Å². The van der Waals surface area contributed by atoms with Gasteiger partial charge in [-0.15, -0.1) is 0 Å². The molecule has 1 aliphatic carbocycles. The van der Waals surface area contributed by atoms with Gasteiger partial charge in [0.2, 0.25) is 0 Å². The van der Waals surface area contributed by atoms with Gasteiger partial charge in [0.25, 0.3) is 20.0 Å². The van der Waals surface area contributed by atoms with E-state index < -0.39 is 57.2 Å². The van der Waals surface area contributed by atoms with E-state index in [9.17, 15) is 25.3 Å². The molecule has 0 saturated carbocycles. The molecule has 11 nitrogen and oxygen atoms in total. The maximum Gasteiger partial charge on any atom is 0.450 e. The maximum absolute atomic E-state index is 15.5. The van der Waals surface area contributed by atoms with Gasteiger partial charge >= 0.3 is 26.5 Å². The second-order valence-electron chi connectivity index (χ2n) is 15.1. The van der Waals surface area contributed by atoms with Crippen molar-refractivity contribution in [3.63, 3.8) is 0 Å². The summed E-state index contributed by atoms with van der Waals surface area (Å²) in [5.41, 5.74) is 5.71.